The molecule has 1 aliphatic carbocycles. The SMILES string of the molecule is CCC1=C([C@H](O)CC/C(=C/c2cccc(O)c2)c2ccccc2)[C@H](CO)[C@@H]2C(=O)N(c3cccc([N+](=O)[O-])c3)C(=O)[C@@H]2C1. The van der Waals surface area contributed by atoms with Crippen molar-refractivity contribution in [2.24, 2.45) is 17.8 Å². The summed E-state index contributed by atoms with van der Waals surface area (Å²) in [5.41, 5.74) is 4.05. The molecule has 9 nitrogen and oxygen atoms in total. The number of rotatable bonds is 10. The van der Waals surface area contributed by atoms with Crippen LogP contribution < -0.4 is 4.90 Å². The van der Waals surface area contributed by atoms with Gasteiger partial charge in [-0.2, -0.15) is 0 Å². The normalized spacial score (nSPS) is 21.2. The number of fused-ring (bicyclic) bond motifs is 1. The highest BCUT2D eigenvalue weighted by Gasteiger charge is 2.55. The zero-order valence-corrected chi connectivity index (χ0v) is 23.8. The summed E-state index contributed by atoms with van der Waals surface area (Å²) in [5, 5.41) is 43.5. The lowest BCUT2D eigenvalue weighted by Gasteiger charge is -2.36. The topological polar surface area (TPSA) is 141 Å². The fraction of sp³-hybridized carbons (Fsp3) is 0.294. The van der Waals surface area contributed by atoms with Crippen LogP contribution in [-0.2, 0) is 9.59 Å². The van der Waals surface area contributed by atoms with Crippen LogP contribution in [-0.4, -0.2) is 44.8 Å². The zero-order valence-electron chi connectivity index (χ0n) is 23.8. The number of hydrogen-bond donors (Lipinski definition) is 3. The first-order chi connectivity index (χ1) is 20.7. The average molecular weight is 583 g/mol. The largest absolute Gasteiger partial charge is 0.508 e. The number of aliphatic hydroxyl groups is 2. The quantitative estimate of drug-likeness (QED) is 0.0941. The molecular weight excluding hydrogens is 548 g/mol. The van der Waals surface area contributed by atoms with Gasteiger partial charge >= 0.3 is 0 Å². The molecule has 43 heavy (non-hydrogen) atoms. The molecule has 3 N–H and O–H groups in total. The minimum absolute atomic E-state index is 0.125. The van der Waals surface area contributed by atoms with Gasteiger partial charge in [-0.15, -0.1) is 0 Å². The molecule has 1 heterocycles. The van der Waals surface area contributed by atoms with E-state index in [1.807, 2.05) is 49.4 Å². The fourth-order valence-corrected chi connectivity index (χ4v) is 6.51. The number of nitrogens with zero attached hydrogens (tertiary/aromatic N) is 2. The molecule has 1 aliphatic heterocycles. The second kappa shape index (κ2) is 12.7. The Morgan fingerprint density at radius 3 is 2.47 bits per heavy atom. The third-order valence-electron chi connectivity index (χ3n) is 8.51. The molecule has 0 radical (unpaired) electrons. The lowest BCUT2D eigenvalue weighted by molar-refractivity contribution is -0.384. The van der Waals surface area contributed by atoms with E-state index in [1.165, 1.54) is 24.3 Å². The standard InChI is InChI=1S/C34H34N2O7/c1-2-22-18-28-32(34(41)35(33(28)40)25-11-7-12-26(19-25)36(42)43)29(20-37)31(22)30(39)15-14-24(23-9-4-3-5-10-23)16-21-8-6-13-27(38)17-21/h3-13,16-17,19,28-30,32,37-39H,2,14-15,18,20H2,1H3/b24-16-/t28-,29+,30-,32-/m1/s1. The van der Waals surface area contributed by atoms with Gasteiger partial charge in [0.05, 0.1) is 35.2 Å². The van der Waals surface area contributed by atoms with Crippen LogP contribution in [0.15, 0.2) is 90.0 Å². The number of anilines is 1. The molecule has 1 saturated heterocycles. The number of benzene rings is 3. The molecular formula is C34H34N2O7. The number of phenols is 1. The minimum atomic E-state index is -0.973. The molecule has 3 aromatic rings. The summed E-state index contributed by atoms with van der Waals surface area (Å²) in [6, 6.07) is 22.1. The highest BCUT2D eigenvalue weighted by Crippen LogP contribution is 2.48. The van der Waals surface area contributed by atoms with Crippen molar-refractivity contribution in [1.29, 1.82) is 0 Å². The van der Waals surface area contributed by atoms with Gasteiger partial charge in [-0.25, -0.2) is 4.90 Å². The Morgan fingerprint density at radius 1 is 1.05 bits per heavy atom. The molecule has 222 valence electrons. The Kier molecular flexibility index (Phi) is 8.84. The summed E-state index contributed by atoms with van der Waals surface area (Å²) in [4.78, 5) is 39.0. The van der Waals surface area contributed by atoms with Crippen molar-refractivity contribution in [2.75, 3.05) is 11.5 Å². The molecule has 1 fully saturated rings. The summed E-state index contributed by atoms with van der Waals surface area (Å²) >= 11 is 0. The number of aromatic hydroxyl groups is 1. The molecule has 3 aromatic carbocycles. The zero-order chi connectivity index (χ0) is 30.7. The first-order valence-electron chi connectivity index (χ1n) is 14.4. The van der Waals surface area contributed by atoms with Crippen molar-refractivity contribution >= 4 is 34.8 Å². The average Bonchev–Trinajstić information content (AvgIpc) is 3.27. The van der Waals surface area contributed by atoms with E-state index in [1.54, 1.807) is 18.2 Å². The van der Waals surface area contributed by atoms with Crippen LogP contribution >= 0.6 is 0 Å². The van der Waals surface area contributed by atoms with Crippen LogP contribution in [0.2, 0.25) is 0 Å². The lowest BCUT2D eigenvalue weighted by atomic mass is 9.67. The maximum absolute atomic E-state index is 13.7. The van der Waals surface area contributed by atoms with E-state index in [4.69, 9.17) is 0 Å². The Labute approximate surface area is 249 Å². The molecule has 9 heteroatoms. The number of imide groups is 1. The molecule has 0 saturated carbocycles. The van der Waals surface area contributed by atoms with Crippen LogP contribution in [0, 0.1) is 27.9 Å². The molecule has 0 unspecified atom stereocenters. The number of nitro benzene ring substituents is 1. The van der Waals surface area contributed by atoms with Gasteiger partial charge in [-0.05, 0) is 66.2 Å². The number of nitro groups is 1. The highest BCUT2D eigenvalue weighted by molar-refractivity contribution is 6.22. The summed E-state index contributed by atoms with van der Waals surface area (Å²) in [7, 11) is 0. The number of allylic oxidation sites excluding steroid dienone is 2. The van der Waals surface area contributed by atoms with Crippen LogP contribution in [0.1, 0.15) is 43.7 Å². The van der Waals surface area contributed by atoms with Gasteiger partial charge in [0.25, 0.3) is 5.69 Å². The summed E-state index contributed by atoms with van der Waals surface area (Å²) in [6.45, 7) is 1.50. The molecule has 4 atom stereocenters. The predicted molar refractivity (Wildman–Crippen MR) is 163 cm³/mol. The van der Waals surface area contributed by atoms with Crippen molar-refractivity contribution < 1.29 is 29.8 Å². The van der Waals surface area contributed by atoms with E-state index in [2.05, 4.69) is 0 Å². The first-order valence-corrected chi connectivity index (χ1v) is 14.4. The smallest absolute Gasteiger partial charge is 0.271 e. The van der Waals surface area contributed by atoms with Gasteiger partial charge in [0, 0.05) is 18.1 Å². The number of aliphatic hydroxyl groups excluding tert-OH is 2. The van der Waals surface area contributed by atoms with Crippen molar-refractivity contribution in [3.05, 3.63) is 111 Å². The van der Waals surface area contributed by atoms with E-state index in [-0.39, 0.29) is 23.5 Å². The van der Waals surface area contributed by atoms with Crippen molar-refractivity contribution in [2.45, 2.75) is 38.7 Å². The second-order valence-corrected chi connectivity index (χ2v) is 11.0. The highest BCUT2D eigenvalue weighted by atomic mass is 16.6. The number of hydrogen-bond acceptors (Lipinski definition) is 7. The van der Waals surface area contributed by atoms with Crippen molar-refractivity contribution in [3.63, 3.8) is 0 Å². The second-order valence-electron chi connectivity index (χ2n) is 11.0. The number of carbonyl (C=O) groups excluding carboxylic acids is 2. The van der Waals surface area contributed by atoms with Gasteiger partial charge in [-0.3, -0.25) is 19.7 Å². The summed E-state index contributed by atoms with van der Waals surface area (Å²) in [6.07, 6.45) is 2.58. The Balaban J connectivity index is 1.43. The maximum Gasteiger partial charge on any atom is 0.271 e. The van der Waals surface area contributed by atoms with Crippen LogP contribution in [0.25, 0.3) is 11.6 Å². The number of amides is 2. The fourth-order valence-electron chi connectivity index (χ4n) is 6.51. The Morgan fingerprint density at radius 2 is 1.79 bits per heavy atom. The van der Waals surface area contributed by atoms with Gasteiger partial charge in [0.2, 0.25) is 11.8 Å². The summed E-state index contributed by atoms with van der Waals surface area (Å²) < 4.78 is 0. The number of carbonyl (C=O) groups is 2. The Bertz CT molecular complexity index is 1600. The van der Waals surface area contributed by atoms with E-state index in [0.717, 1.165) is 27.2 Å². The molecule has 2 amide bonds. The van der Waals surface area contributed by atoms with E-state index in [9.17, 15) is 35.0 Å². The third kappa shape index (κ3) is 6.00. The van der Waals surface area contributed by atoms with E-state index in [0.29, 0.717) is 24.8 Å². The van der Waals surface area contributed by atoms with Gasteiger partial charge < -0.3 is 15.3 Å². The number of phenolic OH excluding ortho intramolecular Hbond substituents is 1. The maximum atomic E-state index is 13.7. The van der Waals surface area contributed by atoms with Gasteiger partial charge in [-0.1, -0.05) is 67.1 Å². The molecule has 0 aromatic heterocycles. The van der Waals surface area contributed by atoms with E-state index >= 15 is 0 Å². The van der Waals surface area contributed by atoms with Gasteiger partial charge in [0.1, 0.15) is 5.75 Å². The van der Waals surface area contributed by atoms with E-state index < -0.39 is 47.2 Å². The molecule has 5 rings (SSSR count). The van der Waals surface area contributed by atoms with Crippen molar-refractivity contribution in [3.8, 4) is 5.75 Å². The lowest BCUT2D eigenvalue weighted by Crippen LogP contribution is -2.39. The monoisotopic (exact) mass is 582 g/mol. The molecule has 0 bridgehead atoms. The minimum Gasteiger partial charge on any atom is -0.508 e. The van der Waals surface area contributed by atoms with Crippen LogP contribution in [0.3, 0.4) is 0 Å². The summed E-state index contributed by atoms with van der Waals surface area (Å²) in [5.74, 6) is -3.19. The van der Waals surface area contributed by atoms with Gasteiger partial charge in [0.15, 0.2) is 0 Å². The van der Waals surface area contributed by atoms with Crippen molar-refractivity contribution in [1.82, 2.24) is 0 Å². The number of non-ortho nitro benzene ring substituents is 1. The molecule has 2 aliphatic rings. The first kappa shape index (κ1) is 29.9. The Hall–Kier alpha value is -4.60. The third-order valence-corrected chi connectivity index (χ3v) is 8.51. The molecule has 0 spiro atoms. The van der Waals surface area contributed by atoms with Crippen LogP contribution in [0.5, 0.6) is 5.75 Å². The van der Waals surface area contributed by atoms with Crippen LogP contribution in [0.4, 0.5) is 11.4 Å². The predicted octanol–water partition coefficient (Wildman–Crippen LogP) is 5.51.